The first kappa shape index (κ1) is 10.1. The van der Waals surface area contributed by atoms with Crippen LogP contribution in [0.15, 0.2) is 30.7 Å². The lowest BCUT2D eigenvalue weighted by molar-refractivity contribution is 0.532. The molecular formula is C14H13N3. The van der Waals surface area contributed by atoms with Crippen molar-refractivity contribution in [2.45, 2.75) is 25.8 Å². The van der Waals surface area contributed by atoms with Crippen molar-refractivity contribution in [3.05, 3.63) is 42.0 Å². The van der Waals surface area contributed by atoms with Crippen LogP contribution in [0.2, 0.25) is 0 Å². The summed E-state index contributed by atoms with van der Waals surface area (Å²) in [6.45, 7) is 1.03. The molecule has 3 heterocycles. The number of fused-ring (bicyclic) bond motifs is 1. The van der Waals surface area contributed by atoms with Crippen LogP contribution in [-0.2, 0) is 13.0 Å². The van der Waals surface area contributed by atoms with Crippen LogP contribution in [0.1, 0.15) is 24.1 Å². The van der Waals surface area contributed by atoms with Gasteiger partial charge in [0.1, 0.15) is 6.07 Å². The minimum absolute atomic E-state index is 0.831. The lowest BCUT2D eigenvalue weighted by atomic mass is 10.0. The normalized spacial score (nSPS) is 14.1. The largest absolute Gasteiger partial charge is 0.350 e. The number of aryl methyl sites for hydroxylation is 1. The molecular weight excluding hydrogens is 210 g/mol. The molecule has 0 unspecified atom stereocenters. The van der Waals surface area contributed by atoms with E-state index >= 15 is 0 Å². The summed E-state index contributed by atoms with van der Waals surface area (Å²) in [7, 11) is 0. The zero-order chi connectivity index (χ0) is 11.7. The van der Waals surface area contributed by atoms with Crippen molar-refractivity contribution in [3.8, 4) is 17.2 Å². The Balaban J connectivity index is 2.18. The standard InChI is InChI=1S/C14H13N3/c15-8-12-13(11-4-3-6-16-9-11)10-17-7-2-1-5-14(12)17/h3-4,6,9-10H,1-2,5,7H2. The van der Waals surface area contributed by atoms with E-state index in [4.69, 9.17) is 0 Å². The van der Waals surface area contributed by atoms with Gasteiger partial charge >= 0.3 is 0 Å². The monoisotopic (exact) mass is 223 g/mol. The van der Waals surface area contributed by atoms with Crippen LogP contribution in [0, 0.1) is 11.3 Å². The van der Waals surface area contributed by atoms with E-state index in [1.807, 2.05) is 18.3 Å². The summed E-state index contributed by atoms with van der Waals surface area (Å²) in [6, 6.07) is 6.27. The van der Waals surface area contributed by atoms with E-state index in [9.17, 15) is 5.26 Å². The summed E-state index contributed by atoms with van der Waals surface area (Å²) in [4.78, 5) is 4.12. The number of hydrogen-bond donors (Lipinski definition) is 0. The molecule has 0 saturated heterocycles. The molecule has 1 aliphatic rings. The molecule has 0 aliphatic carbocycles. The van der Waals surface area contributed by atoms with Crippen LogP contribution in [0.4, 0.5) is 0 Å². The lowest BCUT2D eigenvalue weighted by Gasteiger charge is -2.14. The molecule has 3 rings (SSSR count). The molecule has 0 fully saturated rings. The highest BCUT2D eigenvalue weighted by atomic mass is 15.0. The van der Waals surface area contributed by atoms with Gasteiger partial charge in [0.2, 0.25) is 0 Å². The Morgan fingerprint density at radius 3 is 3.06 bits per heavy atom. The van der Waals surface area contributed by atoms with E-state index in [0.717, 1.165) is 29.7 Å². The van der Waals surface area contributed by atoms with Gasteiger partial charge in [-0.05, 0) is 25.3 Å². The Kier molecular flexibility index (Phi) is 2.41. The second kappa shape index (κ2) is 4.06. The molecule has 2 aromatic heterocycles. The molecule has 84 valence electrons. The van der Waals surface area contributed by atoms with E-state index in [0.29, 0.717) is 0 Å². The molecule has 0 amide bonds. The van der Waals surface area contributed by atoms with Crippen molar-refractivity contribution in [3.63, 3.8) is 0 Å². The zero-order valence-corrected chi connectivity index (χ0v) is 9.56. The smallest absolute Gasteiger partial charge is 0.102 e. The number of nitriles is 1. The van der Waals surface area contributed by atoms with Gasteiger partial charge in [0.05, 0.1) is 5.56 Å². The van der Waals surface area contributed by atoms with Crippen molar-refractivity contribution in [1.82, 2.24) is 9.55 Å². The number of nitrogens with zero attached hydrogens (tertiary/aromatic N) is 3. The van der Waals surface area contributed by atoms with Gasteiger partial charge in [0.15, 0.2) is 0 Å². The Labute approximate surface area is 100 Å². The first-order chi connectivity index (χ1) is 8.40. The van der Waals surface area contributed by atoms with Gasteiger partial charge in [-0.25, -0.2) is 0 Å². The van der Waals surface area contributed by atoms with E-state index in [1.54, 1.807) is 6.20 Å². The first-order valence-corrected chi connectivity index (χ1v) is 5.92. The first-order valence-electron chi connectivity index (χ1n) is 5.92. The summed E-state index contributed by atoms with van der Waals surface area (Å²) in [5, 5.41) is 9.34. The van der Waals surface area contributed by atoms with Gasteiger partial charge < -0.3 is 4.57 Å². The Morgan fingerprint density at radius 2 is 2.29 bits per heavy atom. The average Bonchev–Trinajstić information content (AvgIpc) is 2.78. The van der Waals surface area contributed by atoms with Gasteiger partial charge in [-0.1, -0.05) is 6.07 Å². The van der Waals surface area contributed by atoms with Crippen molar-refractivity contribution in [2.75, 3.05) is 0 Å². The Hall–Kier alpha value is -2.08. The second-order valence-electron chi connectivity index (χ2n) is 4.37. The summed E-state index contributed by atoms with van der Waals surface area (Å²) in [6.07, 6.45) is 9.09. The third kappa shape index (κ3) is 1.62. The predicted molar refractivity (Wildman–Crippen MR) is 65.3 cm³/mol. The molecule has 2 aromatic rings. The summed E-state index contributed by atoms with van der Waals surface area (Å²) < 4.78 is 2.23. The van der Waals surface area contributed by atoms with Crippen molar-refractivity contribution in [1.29, 1.82) is 5.26 Å². The van der Waals surface area contributed by atoms with Crippen LogP contribution in [0.3, 0.4) is 0 Å². The van der Waals surface area contributed by atoms with Gasteiger partial charge in [-0.3, -0.25) is 4.98 Å². The third-order valence-corrected chi connectivity index (χ3v) is 3.34. The fraction of sp³-hybridized carbons (Fsp3) is 0.286. The number of aromatic nitrogens is 2. The van der Waals surface area contributed by atoms with Crippen LogP contribution >= 0.6 is 0 Å². The summed E-state index contributed by atoms with van der Waals surface area (Å²) >= 11 is 0. The molecule has 0 aromatic carbocycles. The fourth-order valence-corrected chi connectivity index (χ4v) is 2.51. The van der Waals surface area contributed by atoms with Gasteiger partial charge in [0, 0.05) is 42.0 Å². The minimum atomic E-state index is 0.831. The molecule has 3 heteroatoms. The highest BCUT2D eigenvalue weighted by Gasteiger charge is 2.19. The van der Waals surface area contributed by atoms with E-state index in [-0.39, 0.29) is 0 Å². The van der Waals surface area contributed by atoms with Crippen LogP contribution < -0.4 is 0 Å². The third-order valence-electron chi connectivity index (χ3n) is 3.34. The highest BCUT2D eigenvalue weighted by molar-refractivity contribution is 5.71. The molecule has 0 N–H and O–H groups in total. The lowest BCUT2D eigenvalue weighted by Crippen LogP contribution is -2.09. The SMILES string of the molecule is N#Cc1c(-c2cccnc2)cn2c1CCCC2. The summed E-state index contributed by atoms with van der Waals surface area (Å²) in [5.74, 6) is 0. The van der Waals surface area contributed by atoms with Gasteiger partial charge in [0.25, 0.3) is 0 Å². The maximum Gasteiger partial charge on any atom is 0.102 e. The molecule has 0 saturated carbocycles. The quantitative estimate of drug-likeness (QED) is 0.746. The zero-order valence-electron chi connectivity index (χ0n) is 9.56. The fourth-order valence-electron chi connectivity index (χ4n) is 2.51. The maximum absolute atomic E-state index is 9.34. The summed E-state index contributed by atoms with van der Waals surface area (Å²) in [5.41, 5.74) is 4.08. The Morgan fingerprint density at radius 1 is 1.35 bits per heavy atom. The molecule has 0 bridgehead atoms. The average molecular weight is 223 g/mol. The number of pyridine rings is 1. The molecule has 0 spiro atoms. The number of rotatable bonds is 1. The topological polar surface area (TPSA) is 41.6 Å². The minimum Gasteiger partial charge on any atom is -0.350 e. The van der Waals surface area contributed by atoms with Crippen molar-refractivity contribution < 1.29 is 0 Å². The number of hydrogen-bond acceptors (Lipinski definition) is 2. The predicted octanol–water partition coefficient (Wildman–Crippen LogP) is 2.76. The molecule has 0 atom stereocenters. The second-order valence-corrected chi connectivity index (χ2v) is 4.37. The van der Waals surface area contributed by atoms with Gasteiger partial charge in [-0.15, -0.1) is 0 Å². The van der Waals surface area contributed by atoms with Crippen LogP contribution in [0.5, 0.6) is 0 Å². The van der Waals surface area contributed by atoms with Crippen molar-refractivity contribution in [2.24, 2.45) is 0 Å². The molecule has 0 radical (unpaired) electrons. The van der Waals surface area contributed by atoms with E-state index in [1.165, 1.54) is 18.5 Å². The molecule has 3 nitrogen and oxygen atoms in total. The Bertz CT molecular complexity index is 576. The van der Waals surface area contributed by atoms with Crippen LogP contribution in [0.25, 0.3) is 11.1 Å². The maximum atomic E-state index is 9.34. The molecule has 17 heavy (non-hydrogen) atoms. The van der Waals surface area contributed by atoms with Crippen LogP contribution in [-0.4, -0.2) is 9.55 Å². The molecule has 1 aliphatic heterocycles. The van der Waals surface area contributed by atoms with E-state index in [2.05, 4.69) is 21.8 Å². The van der Waals surface area contributed by atoms with Crippen molar-refractivity contribution >= 4 is 0 Å². The highest BCUT2D eigenvalue weighted by Crippen LogP contribution is 2.30. The van der Waals surface area contributed by atoms with Gasteiger partial charge in [-0.2, -0.15) is 5.26 Å². The van der Waals surface area contributed by atoms with E-state index < -0.39 is 0 Å².